The normalized spacial score (nSPS) is 17.3. The molecule has 2 aromatic carbocycles. The Hall–Kier alpha value is -2.62. The molecule has 0 saturated carbocycles. The zero-order valence-corrected chi connectivity index (χ0v) is 12.7. The molecule has 0 bridgehead atoms. The Labute approximate surface area is 130 Å². The number of amides is 1. The second-order valence-corrected chi connectivity index (χ2v) is 5.27. The second kappa shape index (κ2) is 6.02. The Morgan fingerprint density at radius 3 is 2.64 bits per heavy atom. The summed E-state index contributed by atoms with van der Waals surface area (Å²) in [6, 6.07) is 17.7. The summed E-state index contributed by atoms with van der Waals surface area (Å²) in [5.41, 5.74) is 2.99. The number of carbonyl (C=O) groups is 1. The van der Waals surface area contributed by atoms with E-state index >= 15 is 0 Å². The van der Waals surface area contributed by atoms with E-state index in [4.69, 9.17) is 4.74 Å². The maximum Gasteiger partial charge on any atom is 0.240 e. The lowest BCUT2D eigenvalue weighted by Crippen LogP contribution is -2.24. The van der Waals surface area contributed by atoms with Crippen molar-refractivity contribution in [3.8, 4) is 5.75 Å². The molecule has 22 heavy (non-hydrogen) atoms. The van der Waals surface area contributed by atoms with Gasteiger partial charge in [0.1, 0.15) is 5.75 Å². The highest BCUT2D eigenvalue weighted by Gasteiger charge is 2.31. The molecule has 0 aromatic heterocycles. The van der Waals surface area contributed by atoms with Crippen molar-refractivity contribution in [3.63, 3.8) is 0 Å². The summed E-state index contributed by atoms with van der Waals surface area (Å²) in [6.07, 6.45) is 0.705. The third-order valence-corrected chi connectivity index (χ3v) is 3.82. The van der Waals surface area contributed by atoms with Crippen LogP contribution in [0.5, 0.6) is 5.75 Å². The maximum absolute atomic E-state index is 11.9. The Bertz CT molecular complexity index is 710. The Morgan fingerprint density at radius 1 is 1.18 bits per heavy atom. The summed E-state index contributed by atoms with van der Waals surface area (Å²) in [7, 11) is 1.64. The molecule has 0 fully saturated rings. The fourth-order valence-electron chi connectivity index (χ4n) is 2.71. The molecule has 1 heterocycles. The molecule has 0 spiro atoms. The number of hydrogen-bond acceptors (Lipinski definition) is 3. The zero-order valence-electron chi connectivity index (χ0n) is 12.7. The molecule has 1 aliphatic heterocycles. The van der Waals surface area contributed by atoms with Crippen LogP contribution in [0.1, 0.15) is 30.5 Å². The molecule has 112 valence electrons. The van der Waals surface area contributed by atoms with E-state index in [0.29, 0.717) is 6.42 Å². The summed E-state index contributed by atoms with van der Waals surface area (Å²) in [6.45, 7) is 1.55. The predicted octanol–water partition coefficient (Wildman–Crippen LogP) is 3.39. The summed E-state index contributed by atoms with van der Waals surface area (Å²) < 4.78 is 5.26. The van der Waals surface area contributed by atoms with E-state index in [1.54, 1.807) is 19.0 Å². The number of hydrogen-bond donors (Lipinski definition) is 0. The quantitative estimate of drug-likeness (QED) is 0.870. The van der Waals surface area contributed by atoms with Crippen LogP contribution in [0.2, 0.25) is 0 Å². The van der Waals surface area contributed by atoms with Crippen LogP contribution in [-0.2, 0) is 4.79 Å². The Balaban J connectivity index is 1.94. The minimum atomic E-state index is -0.0493. The van der Waals surface area contributed by atoms with Gasteiger partial charge in [0.2, 0.25) is 5.91 Å². The lowest BCUT2D eigenvalue weighted by Gasteiger charge is -2.20. The number of ether oxygens (including phenoxy) is 1. The number of nitrogens with zero attached hydrogens (tertiary/aromatic N) is 2. The molecule has 4 nitrogen and oxygen atoms in total. The Morgan fingerprint density at radius 2 is 1.95 bits per heavy atom. The highest BCUT2D eigenvalue weighted by atomic mass is 16.5. The minimum absolute atomic E-state index is 0.0418. The van der Waals surface area contributed by atoms with E-state index < -0.39 is 0 Å². The fraction of sp³-hybridized carbons (Fsp3) is 0.222. The first-order chi connectivity index (χ1) is 10.7. The first-order valence-electron chi connectivity index (χ1n) is 7.25. The monoisotopic (exact) mass is 294 g/mol. The van der Waals surface area contributed by atoms with Gasteiger partial charge in [-0.2, -0.15) is 5.10 Å². The number of hydrazone groups is 1. The number of carbonyl (C=O) groups excluding carboxylic acids is 1. The molecule has 4 heteroatoms. The fourth-order valence-corrected chi connectivity index (χ4v) is 2.71. The molecule has 1 amide bonds. The molecular formula is C18H18N2O2. The predicted molar refractivity (Wildman–Crippen MR) is 85.9 cm³/mol. The smallest absolute Gasteiger partial charge is 0.240 e. The number of methoxy groups -OCH3 is 1. The molecule has 0 aliphatic carbocycles. The van der Waals surface area contributed by atoms with E-state index in [2.05, 4.69) is 5.10 Å². The third-order valence-electron chi connectivity index (χ3n) is 3.82. The van der Waals surface area contributed by atoms with Gasteiger partial charge < -0.3 is 4.74 Å². The highest BCUT2D eigenvalue weighted by molar-refractivity contribution is 6.03. The van der Waals surface area contributed by atoms with E-state index in [9.17, 15) is 4.79 Å². The molecular weight excluding hydrogens is 276 g/mol. The molecule has 1 aliphatic rings. The summed E-state index contributed by atoms with van der Waals surface area (Å²) in [5, 5.41) is 6.11. The molecule has 0 radical (unpaired) electrons. The van der Waals surface area contributed by atoms with E-state index in [1.807, 2.05) is 54.6 Å². The topological polar surface area (TPSA) is 41.9 Å². The van der Waals surface area contributed by atoms with Gasteiger partial charge in [0.05, 0.1) is 18.9 Å². The van der Waals surface area contributed by atoms with Crippen molar-refractivity contribution in [2.75, 3.05) is 7.11 Å². The van der Waals surface area contributed by atoms with Crippen molar-refractivity contribution in [1.82, 2.24) is 5.01 Å². The molecule has 1 atom stereocenters. The van der Waals surface area contributed by atoms with Crippen LogP contribution in [0.3, 0.4) is 0 Å². The van der Waals surface area contributed by atoms with Crippen LogP contribution in [0.25, 0.3) is 0 Å². The van der Waals surface area contributed by atoms with Crippen molar-refractivity contribution in [1.29, 1.82) is 0 Å². The van der Waals surface area contributed by atoms with E-state index in [1.165, 1.54) is 0 Å². The first kappa shape index (κ1) is 14.3. The van der Waals surface area contributed by atoms with Crippen LogP contribution in [0.4, 0.5) is 0 Å². The van der Waals surface area contributed by atoms with Crippen molar-refractivity contribution in [2.24, 2.45) is 5.10 Å². The van der Waals surface area contributed by atoms with Crippen LogP contribution in [-0.4, -0.2) is 23.7 Å². The number of benzene rings is 2. The standard InChI is InChI=1S/C18H18N2O2/c1-13(21)20-18(14-7-4-3-5-8-14)12-17(19-20)15-9-6-10-16(11-15)22-2/h3-11,18H,12H2,1-2H3/t18-/m0/s1. The van der Waals surface area contributed by atoms with E-state index in [-0.39, 0.29) is 11.9 Å². The first-order valence-corrected chi connectivity index (χ1v) is 7.25. The minimum Gasteiger partial charge on any atom is -0.497 e. The van der Waals surface area contributed by atoms with Gasteiger partial charge in [-0.05, 0) is 17.7 Å². The van der Waals surface area contributed by atoms with Crippen LogP contribution < -0.4 is 4.74 Å². The van der Waals surface area contributed by atoms with Crippen LogP contribution in [0.15, 0.2) is 59.7 Å². The number of rotatable bonds is 3. The summed E-state index contributed by atoms with van der Waals surface area (Å²) in [5.74, 6) is 0.740. The van der Waals surface area contributed by atoms with Gasteiger partial charge in [0.15, 0.2) is 0 Å². The molecule has 0 N–H and O–H groups in total. The van der Waals surface area contributed by atoms with Crippen molar-refractivity contribution in [3.05, 3.63) is 65.7 Å². The van der Waals surface area contributed by atoms with Crippen molar-refractivity contribution in [2.45, 2.75) is 19.4 Å². The molecule has 2 aromatic rings. The lowest BCUT2D eigenvalue weighted by atomic mass is 9.98. The van der Waals surface area contributed by atoms with Gasteiger partial charge in [-0.15, -0.1) is 0 Å². The largest absolute Gasteiger partial charge is 0.497 e. The average molecular weight is 294 g/mol. The molecule has 0 saturated heterocycles. The van der Waals surface area contributed by atoms with E-state index in [0.717, 1.165) is 22.6 Å². The maximum atomic E-state index is 11.9. The van der Waals surface area contributed by atoms with Crippen LogP contribution >= 0.6 is 0 Å². The van der Waals surface area contributed by atoms with Gasteiger partial charge in [-0.25, -0.2) is 5.01 Å². The van der Waals surface area contributed by atoms with Crippen molar-refractivity contribution < 1.29 is 9.53 Å². The molecule has 0 unspecified atom stereocenters. The Kier molecular flexibility index (Phi) is 3.92. The van der Waals surface area contributed by atoms with Gasteiger partial charge in [-0.3, -0.25) is 4.79 Å². The highest BCUT2D eigenvalue weighted by Crippen LogP contribution is 2.33. The second-order valence-electron chi connectivity index (χ2n) is 5.27. The summed E-state index contributed by atoms with van der Waals surface area (Å²) >= 11 is 0. The summed E-state index contributed by atoms with van der Waals surface area (Å²) in [4.78, 5) is 11.9. The van der Waals surface area contributed by atoms with Crippen molar-refractivity contribution >= 4 is 11.6 Å². The average Bonchev–Trinajstić information content (AvgIpc) is 3.01. The third kappa shape index (κ3) is 2.72. The van der Waals surface area contributed by atoms with Gasteiger partial charge >= 0.3 is 0 Å². The van der Waals surface area contributed by atoms with Crippen LogP contribution in [0, 0.1) is 0 Å². The lowest BCUT2D eigenvalue weighted by molar-refractivity contribution is -0.130. The SMILES string of the molecule is COc1cccc(C2=NN(C(C)=O)[C@H](c3ccccc3)C2)c1. The zero-order chi connectivity index (χ0) is 15.5. The van der Waals surface area contributed by atoms with Gasteiger partial charge in [0, 0.05) is 18.9 Å². The van der Waals surface area contributed by atoms with Gasteiger partial charge in [0.25, 0.3) is 0 Å². The molecule has 3 rings (SSSR count). The van der Waals surface area contributed by atoms with Gasteiger partial charge in [-0.1, -0.05) is 42.5 Å².